The molecule has 0 spiro atoms. The van der Waals surface area contributed by atoms with Gasteiger partial charge in [0.05, 0.1) is 6.20 Å². The van der Waals surface area contributed by atoms with Gasteiger partial charge in [-0.25, -0.2) is 0 Å². The number of pyridine rings is 1. The third-order valence-electron chi connectivity index (χ3n) is 2.64. The molecule has 2 rings (SSSR count). The summed E-state index contributed by atoms with van der Waals surface area (Å²) in [7, 11) is 0. The van der Waals surface area contributed by atoms with E-state index in [1.54, 1.807) is 19.2 Å². The normalized spacial score (nSPS) is 10.3. The molecule has 0 aromatic carbocycles. The van der Waals surface area contributed by atoms with Gasteiger partial charge < -0.3 is 10.3 Å². The van der Waals surface area contributed by atoms with Gasteiger partial charge in [-0.15, -0.1) is 0 Å². The Morgan fingerprint density at radius 2 is 2.22 bits per heavy atom. The lowest BCUT2D eigenvalue weighted by atomic mass is 10.2. The van der Waals surface area contributed by atoms with Crippen LogP contribution < -0.4 is 10.9 Å². The monoisotopic (exact) mass is 246 g/mol. The van der Waals surface area contributed by atoms with Crippen LogP contribution in [0.5, 0.6) is 0 Å². The Morgan fingerprint density at radius 3 is 2.89 bits per heavy atom. The first-order valence-corrected chi connectivity index (χ1v) is 5.65. The maximum Gasteiger partial charge on any atom is 0.262 e. The zero-order valence-electron chi connectivity index (χ0n) is 10.2. The summed E-state index contributed by atoms with van der Waals surface area (Å²) in [6.07, 6.45) is 2.39. The number of carbonyl (C=O) groups is 1. The Morgan fingerprint density at radius 1 is 1.44 bits per heavy atom. The Hall–Kier alpha value is -2.37. The van der Waals surface area contributed by atoms with Crippen LogP contribution in [0.1, 0.15) is 28.5 Å². The van der Waals surface area contributed by atoms with Gasteiger partial charge in [0.25, 0.3) is 11.5 Å². The second kappa shape index (κ2) is 4.87. The predicted molar refractivity (Wildman–Crippen MR) is 67.7 cm³/mol. The van der Waals surface area contributed by atoms with Crippen LogP contribution in [0.25, 0.3) is 0 Å². The number of carbonyl (C=O) groups excluding carboxylic acids is 1. The largest absolute Gasteiger partial charge is 0.326 e. The molecule has 0 aliphatic carbocycles. The molecule has 3 N–H and O–H groups in total. The summed E-state index contributed by atoms with van der Waals surface area (Å²) in [6.45, 7) is 3.71. The van der Waals surface area contributed by atoms with Gasteiger partial charge in [-0.2, -0.15) is 5.10 Å². The molecule has 2 aromatic rings. The number of hydrogen-bond donors (Lipinski definition) is 3. The van der Waals surface area contributed by atoms with Crippen molar-refractivity contribution in [3.8, 4) is 0 Å². The zero-order valence-corrected chi connectivity index (χ0v) is 10.2. The van der Waals surface area contributed by atoms with E-state index >= 15 is 0 Å². The Kier molecular flexibility index (Phi) is 3.27. The smallest absolute Gasteiger partial charge is 0.262 e. The number of rotatable bonds is 3. The third-order valence-corrected chi connectivity index (χ3v) is 2.64. The van der Waals surface area contributed by atoms with Crippen LogP contribution in [0.4, 0.5) is 5.82 Å². The van der Waals surface area contributed by atoms with E-state index in [1.165, 1.54) is 6.07 Å². The van der Waals surface area contributed by atoms with Gasteiger partial charge in [-0.1, -0.05) is 6.92 Å². The number of amides is 1. The van der Waals surface area contributed by atoms with E-state index in [1.807, 2.05) is 6.92 Å². The van der Waals surface area contributed by atoms with Crippen LogP contribution in [0.3, 0.4) is 0 Å². The van der Waals surface area contributed by atoms with Crippen LogP contribution >= 0.6 is 0 Å². The number of aryl methyl sites for hydroxylation is 2. The molecule has 1 amide bonds. The molecule has 0 radical (unpaired) electrons. The molecule has 0 saturated heterocycles. The maximum absolute atomic E-state index is 11.9. The number of H-pyrrole nitrogens is 2. The van der Waals surface area contributed by atoms with Crippen LogP contribution in [0, 0.1) is 6.92 Å². The van der Waals surface area contributed by atoms with Crippen LogP contribution in [-0.4, -0.2) is 21.1 Å². The van der Waals surface area contributed by atoms with Gasteiger partial charge in [-0.05, 0) is 25.5 Å². The number of aromatic amines is 2. The molecule has 0 bridgehead atoms. The number of anilines is 1. The second-order valence-electron chi connectivity index (χ2n) is 3.96. The van der Waals surface area contributed by atoms with E-state index in [0.29, 0.717) is 11.5 Å². The summed E-state index contributed by atoms with van der Waals surface area (Å²) < 4.78 is 0. The van der Waals surface area contributed by atoms with Crippen LogP contribution in [0.2, 0.25) is 0 Å². The van der Waals surface area contributed by atoms with Crippen molar-refractivity contribution >= 4 is 11.7 Å². The lowest BCUT2D eigenvalue weighted by Gasteiger charge is -2.04. The summed E-state index contributed by atoms with van der Waals surface area (Å²) in [4.78, 5) is 26.1. The SMILES string of the molecule is CCc1cn[nH]c1NC(=O)c1ccc(C)[nH]c1=O. The van der Waals surface area contributed by atoms with E-state index < -0.39 is 11.5 Å². The first-order chi connectivity index (χ1) is 8.61. The summed E-state index contributed by atoms with van der Waals surface area (Å²) in [6, 6.07) is 3.19. The van der Waals surface area contributed by atoms with Crippen molar-refractivity contribution in [2.75, 3.05) is 5.32 Å². The zero-order chi connectivity index (χ0) is 13.1. The molecule has 6 heteroatoms. The van der Waals surface area contributed by atoms with Gasteiger partial charge in [0.2, 0.25) is 0 Å². The average molecular weight is 246 g/mol. The number of nitrogens with one attached hydrogen (secondary N) is 3. The highest BCUT2D eigenvalue weighted by molar-refractivity contribution is 6.03. The minimum absolute atomic E-state index is 0.0808. The van der Waals surface area contributed by atoms with Crippen LogP contribution in [-0.2, 0) is 6.42 Å². The molecule has 94 valence electrons. The fourth-order valence-corrected chi connectivity index (χ4v) is 1.62. The first-order valence-electron chi connectivity index (χ1n) is 5.65. The number of hydrogen-bond acceptors (Lipinski definition) is 3. The van der Waals surface area contributed by atoms with Crippen molar-refractivity contribution in [3.05, 3.63) is 45.5 Å². The van der Waals surface area contributed by atoms with Crippen molar-refractivity contribution in [3.63, 3.8) is 0 Å². The lowest BCUT2D eigenvalue weighted by Crippen LogP contribution is -2.23. The minimum atomic E-state index is -0.449. The van der Waals surface area contributed by atoms with E-state index in [4.69, 9.17) is 0 Å². The molecule has 2 aromatic heterocycles. The summed E-state index contributed by atoms with van der Waals surface area (Å²) in [5.41, 5.74) is 1.29. The molecule has 18 heavy (non-hydrogen) atoms. The molecule has 0 atom stereocenters. The predicted octanol–water partition coefficient (Wildman–Crippen LogP) is 1.22. The van der Waals surface area contributed by atoms with Gasteiger partial charge in [0.15, 0.2) is 0 Å². The van der Waals surface area contributed by atoms with Crippen LogP contribution in [0.15, 0.2) is 23.1 Å². The van der Waals surface area contributed by atoms with Crippen molar-refractivity contribution in [2.24, 2.45) is 0 Å². The molecule has 0 saturated carbocycles. The van der Waals surface area contributed by atoms with Gasteiger partial charge in [0.1, 0.15) is 11.4 Å². The van der Waals surface area contributed by atoms with Gasteiger partial charge in [-0.3, -0.25) is 14.7 Å². The highest BCUT2D eigenvalue weighted by Gasteiger charge is 2.13. The van der Waals surface area contributed by atoms with Crippen molar-refractivity contribution < 1.29 is 4.79 Å². The Bertz CT molecular complexity index is 627. The molecular formula is C12H14N4O2. The molecule has 6 nitrogen and oxygen atoms in total. The summed E-state index contributed by atoms with van der Waals surface area (Å²) >= 11 is 0. The summed E-state index contributed by atoms with van der Waals surface area (Å²) in [5.74, 6) is 0.0812. The first kappa shape index (κ1) is 12.1. The van der Waals surface area contributed by atoms with E-state index in [9.17, 15) is 9.59 Å². The third kappa shape index (κ3) is 2.32. The molecular weight excluding hydrogens is 232 g/mol. The van der Waals surface area contributed by atoms with E-state index in [-0.39, 0.29) is 5.56 Å². The Labute approximate surface area is 103 Å². The highest BCUT2D eigenvalue weighted by Crippen LogP contribution is 2.11. The molecule has 0 aliphatic rings. The van der Waals surface area contributed by atoms with E-state index in [0.717, 1.165) is 12.0 Å². The topological polar surface area (TPSA) is 90.6 Å². The fourth-order valence-electron chi connectivity index (χ4n) is 1.62. The molecule has 0 aliphatic heterocycles. The second-order valence-corrected chi connectivity index (χ2v) is 3.96. The average Bonchev–Trinajstić information content (AvgIpc) is 2.76. The van der Waals surface area contributed by atoms with Crippen molar-refractivity contribution in [2.45, 2.75) is 20.3 Å². The Balaban J connectivity index is 2.25. The molecule has 2 heterocycles. The van der Waals surface area contributed by atoms with Gasteiger partial charge in [0, 0.05) is 11.3 Å². The molecule has 0 unspecified atom stereocenters. The standard InChI is InChI=1S/C12H14N4O2/c1-3-8-6-13-16-10(8)15-12(18)9-5-4-7(2)14-11(9)17/h4-6H,3H2,1-2H3,(H,14,17)(H2,13,15,16,18). The fraction of sp³-hybridized carbons (Fsp3) is 0.250. The lowest BCUT2D eigenvalue weighted by molar-refractivity contribution is 0.102. The number of nitrogens with zero attached hydrogens (tertiary/aromatic N) is 1. The van der Waals surface area contributed by atoms with Crippen molar-refractivity contribution in [1.29, 1.82) is 0 Å². The van der Waals surface area contributed by atoms with Crippen molar-refractivity contribution in [1.82, 2.24) is 15.2 Å². The highest BCUT2D eigenvalue weighted by atomic mass is 16.2. The molecule has 0 fully saturated rings. The maximum atomic E-state index is 11.9. The minimum Gasteiger partial charge on any atom is -0.326 e. The van der Waals surface area contributed by atoms with E-state index in [2.05, 4.69) is 20.5 Å². The number of aromatic nitrogens is 3. The quantitative estimate of drug-likeness (QED) is 0.760. The van der Waals surface area contributed by atoms with Gasteiger partial charge >= 0.3 is 0 Å². The summed E-state index contributed by atoms with van der Waals surface area (Å²) in [5, 5.41) is 9.19.